The predicted molar refractivity (Wildman–Crippen MR) is 105 cm³/mol. The molecule has 2 aromatic rings. The molecule has 0 bridgehead atoms. The average Bonchev–Trinajstić information content (AvgIpc) is 3.31. The summed E-state index contributed by atoms with van der Waals surface area (Å²) in [6.07, 6.45) is 8.03. The van der Waals surface area contributed by atoms with Crippen LogP contribution < -0.4 is 0 Å². The van der Waals surface area contributed by atoms with Gasteiger partial charge < -0.3 is 9.32 Å². The summed E-state index contributed by atoms with van der Waals surface area (Å²) in [6, 6.07) is 7.73. The van der Waals surface area contributed by atoms with E-state index in [4.69, 9.17) is 16.0 Å². The van der Waals surface area contributed by atoms with Gasteiger partial charge in [-0.15, -0.1) is 0 Å². The third kappa shape index (κ3) is 4.53. The lowest BCUT2D eigenvalue weighted by atomic mass is 10.1. The van der Waals surface area contributed by atoms with Crippen LogP contribution in [0.3, 0.4) is 0 Å². The molecule has 1 amide bonds. The van der Waals surface area contributed by atoms with Crippen molar-refractivity contribution in [3.63, 3.8) is 0 Å². The molecule has 2 saturated heterocycles. The number of carbonyl (C=O) groups is 1. The van der Waals surface area contributed by atoms with Crippen LogP contribution in [-0.2, 0) is 11.2 Å². The monoisotopic (exact) mass is 387 g/mol. The molecule has 0 unspecified atom stereocenters. The molecule has 4 rings (SSSR count). The number of aromatic nitrogens is 1. The van der Waals surface area contributed by atoms with Gasteiger partial charge >= 0.3 is 0 Å². The first-order valence-electron chi connectivity index (χ1n) is 9.90. The molecule has 0 N–H and O–H groups in total. The summed E-state index contributed by atoms with van der Waals surface area (Å²) in [5, 5.41) is 0.720. The molecule has 2 fully saturated rings. The maximum absolute atomic E-state index is 12.8. The van der Waals surface area contributed by atoms with Crippen LogP contribution in [0.25, 0.3) is 0 Å². The molecule has 27 heavy (non-hydrogen) atoms. The van der Waals surface area contributed by atoms with Gasteiger partial charge in [-0.05, 0) is 56.5 Å². The fourth-order valence-corrected chi connectivity index (χ4v) is 4.34. The Morgan fingerprint density at radius 1 is 1.19 bits per heavy atom. The minimum Gasteiger partial charge on any atom is -0.443 e. The Kier molecular flexibility index (Phi) is 5.79. The Balaban J connectivity index is 1.41. The number of amides is 1. The van der Waals surface area contributed by atoms with Crippen LogP contribution in [-0.4, -0.2) is 46.9 Å². The van der Waals surface area contributed by atoms with Gasteiger partial charge in [0.05, 0.1) is 12.7 Å². The van der Waals surface area contributed by atoms with Gasteiger partial charge in [-0.1, -0.05) is 30.2 Å². The molecule has 0 radical (unpaired) electrons. The highest BCUT2D eigenvalue weighted by atomic mass is 35.5. The second-order valence-electron chi connectivity index (χ2n) is 7.55. The zero-order valence-corrected chi connectivity index (χ0v) is 16.3. The van der Waals surface area contributed by atoms with Gasteiger partial charge in [0, 0.05) is 18.0 Å². The van der Waals surface area contributed by atoms with Crippen LogP contribution in [0.1, 0.15) is 55.4 Å². The Hall–Kier alpha value is -1.85. The van der Waals surface area contributed by atoms with Gasteiger partial charge in [0.2, 0.25) is 11.8 Å². The van der Waals surface area contributed by atoms with Crippen LogP contribution in [0.4, 0.5) is 0 Å². The molecule has 2 aliphatic rings. The van der Waals surface area contributed by atoms with E-state index in [-0.39, 0.29) is 11.9 Å². The van der Waals surface area contributed by atoms with E-state index in [0.29, 0.717) is 18.9 Å². The quantitative estimate of drug-likeness (QED) is 0.776. The smallest absolute Gasteiger partial charge is 0.237 e. The predicted octanol–water partition coefficient (Wildman–Crippen LogP) is 4.07. The number of halogens is 1. The first-order valence-corrected chi connectivity index (χ1v) is 10.3. The Morgan fingerprint density at radius 2 is 2.04 bits per heavy atom. The van der Waals surface area contributed by atoms with Crippen molar-refractivity contribution in [2.24, 2.45) is 0 Å². The van der Waals surface area contributed by atoms with Gasteiger partial charge in [0.25, 0.3) is 0 Å². The average molecular weight is 388 g/mol. The lowest BCUT2D eigenvalue weighted by Gasteiger charge is -2.29. The van der Waals surface area contributed by atoms with Crippen molar-refractivity contribution in [2.45, 2.75) is 44.6 Å². The number of oxazole rings is 1. The SMILES string of the molecule is O=C(CN1CCCCC1)N1CCC[C@@H]1c1ncc(Cc2cccc(Cl)c2)o1. The number of carbonyl (C=O) groups excluding carboxylic acids is 1. The normalized spacial score (nSPS) is 20.9. The van der Waals surface area contributed by atoms with Crippen molar-refractivity contribution >= 4 is 17.5 Å². The van der Waals surface area contributed by atoms with E-state index >= 15 is 0 Å². The summed E-state index contributed by atoms with van der Waals surface area (Å²) in [5.41, 5.74) is 1.09. The van der Waals surface area contributed by atoms with Gasteiger partial charge in [0.15, 0.2) is 0 Å². The summed E-state index contributed by atoms with van der Waals surface area (Å²) in [7, 11) is 0. The molecule has 2 aliphatic heterocycles. The molecule has 0 aliphatic carbocycles. The molecule has 144 valence electrons. The van der Waals surface area contributed by atoms with Gasteiger partial charge in [-0.3, -0.25) is 9.69 Å². The number of likely N-dealkylation sites (tertiary alicyclic amines) is 2. The first-order chi connectivity index (χ1) is 13.2. The maximum atomic E-state index is 12.8. The molecular formula is C21H26ClN3O2. The molecule has 6 heteroatoms. The third-order valence-electron chi connectivity index (χ3n) is 5.50. The molecule has 0 spiro atoms. The van der Waals surface area contributed by atoms with Gasteiger partial charge in [0.1, 0.15) is 11.8 Å². The van der Waals surface area contributed by atoms with Crippen LogP contribution in [0.15, 0.2) is 34.9 Å². The Morgan fingerprint density at radius 3 is 2.85 bits per heavy atom. The maximum Gasteiger partial charge on any atom is 0.237 e. The number of hydrogen-bond donors (Lipinski definition) is 0. The van der Waals surface area contributed by atoms with Crippen molar-refractivity contribution < 1.29 is 9.21 Å². The molecule has 3 heterocycles. The van der Waals surface area contributed by atoms with E-state index in [1.807, 2.05) is 29.2 Å². The molecule has 1 aromatic heterocycles. The van der Waals surface area contributed by atoms with E-state index in [9.17, 15) is 4.79 Å². The van der Waals surface area contributed by atoms with E-state index in [2.05, 4.69) is 9.88 Å². The standard InChI is InChI=1S/C21H26ClN3O2/c22-17-7-4-6-16(12-17)13-18-14-23-21(27-18)19-8-5-11-25(19)20(26)15-24-9-2-1-3-10-24/h4,6-7,12,14,19H,1-3,5,8-11,13,15H2/t19-/m1/s1. The fraction of sp³-hybridized carbons (Fsp3) is 0.524. The summed E-state index contributed by atoms with van der Waals surface area (Å²) >= 11 is 6.06. The second kappa shape index (κ2) is 8.44. The lowest BCUT2D eigenvalue weighted by molar-refractivity contribution is -0.134. The molecule has 1 aromatic carbocycles. The summed E-state index contributed by atoms with van der Waals surface area (Å²) < 4.78 is 6.02. The highest BCUT2D eigenvalue weighted by Crippen LogP contribution is 2.32. The zero-order chi connectivity index (χ0) is 18.6. The van der Waals surface area contributed by atoms with Crippen molar-refractivity contribution in [2.75, 3.05) is 26.2 Å². The minimum absolute atomic E-state index is 0.0320. The van der Waals surface area contributed by atoms with Crippen molar-refractivity contribution in [1.29, 1.82) is 0 Å². The van der Waals surface area contributed by atoms with E-state index < -0.39 is 0 Å². The summed E-state index contributed by atoms with van der Waals surface area (Å²) in [4.78, 5) is 21.6. The fourth-order valence-electron chi connectivity index (χ4n) is 4.13. The number of piperidine rings is 1. The number of nitrogens with zero attached hydrogens (tertiary/aromatic N) is 3. The highest BCUT2D eigenvalue weighted by molar-refractivity contribution is 6.30. The Labute approximate surface area is 165 Å². The molecule has 5 nitrogen and oxygen atoms in total. The topological polar surface area (TPSA) is 49.6 Å². The van der Waals surface area contributed by atoms with Crippen LogP contribution >= 0.6 is 11.6 Å². The molecular weight excluding hydrogens is 362 g/mol. The minimum atomic E-state index is -0.0320. The first kappa shape index (κ1) is 18.5. The molecule has 0 saturated carbocycles. The van der Waals surface area contributed by atoms with Crippen LogP contribution in [0.2, 0.25) is 5.02 Å². The second-order valence-corrected chi connectivity index (χ2v) is 7.99. The van der Waals surface area contributed by atoms with Crippen LogP contribution in [0.5, 0.6) is 0 Å². The van der Waals surface area contributed by atoms with Gasteiger partial charge in [-0.2, -0.15) is 0 Å². The van der Waals surface area contributed by atoms with E-state index in [0.717, 1.165) is 48.8 Å². The van der Waals surface area contributed by atoms with E-state index in [1.54, 1.807) is 6.20 Å². The van der Waals surface area contributed by atoms with Crippen molar-refractivity contribution in [3.05, 3.63) is 52.7 Å². The third-order valence-corrected chi connectivity index (χ3v) is 5.74. The lowest BCUT2D eigenvalue weighted by Crippen LogP contribution is -2.42. The van der Waals surface area contributed by atoms with Gasteiger partial charge in [-0.25, -0.2) is 4.98 Å². The largest absolute Gasteiger partial charge is 0.443 e. The number of rotatable bonds is 5. The Bertz CT molecular complexity index is 785. The summed E-state index contributed by atoms with van der Waals surface area (Å²) in [6.45, 7) is 3.38. The number of benzene rings is 1. The number of hydrogen-bond acceptors (Lipinski definition) is 4. The molecule has 1 atom stereocenters. The van der Waals surface area contributed by atoms with E-state index in [1.165, 1.54) is 19.3 Å². The van der Waals surface area contributed by atoms with Crippen molar-refractivity contribution in [3.8, 4) is 0 Å². The zero-order valence-electron chi connectivity index (χ0n) is 15.6. The summed E-state index contributed by atoms with van der Waals surface area (Å²) in [5.74, 6) is 1.67. The van der Waals surface area contributed by atoms with Crippen molar-refractivity contribution in [1.82, 2.24) is 14.8 Å². The highest BCUT2D eigenvalue weighted by Gasteiger charge is 2.34. The van der Waals surface area contributed by atoms with Crippen LogP contribution in [0, 0.1) is 0 Å².